The number of allylic oxidation sites excluding steroid dienone is 2. The van der Waals surface area contributed by atoms with Gasteiger partial charge in [-0.3, -0.25) is 4.79 Å². The molecule has 0 spiro atoms. The Balaban J connectivity index is 2.22. The number of aliphatic hydroxyl groups excluding tert-OH is 1. The molecule has 0 amide bonds. The number of benzene rings is 1. The number of carbonyl (C=O) groups excluding carboxylic acids is 1. The first-order valence-corrected chi connectivity index (χ1v) is 6.26. The SMILES string of the molecule is COc1cc(CC2C=C(O)CCC2=O)cc(OC)c1. The van der Waals surface area contributed by atoms with Crippen LogP contribution in [-0.2, 0) is 11.2 Å². The molecule has 19 heavy (non-hydrogen) atoms. The highest BCUT2D eigenvalue weighted by Gasteiger charge is 2.22. The summed E-state index contributed by atoms with van der Waals surface area (Å²) in [6.07, 6.45) is 3.07. The number of hydrogen-bond donors (Lipinski definition) is 1. The van der Waals surface area contributed by atoms with Crippen molar-refractivity contribution in [2.45, 2.75) is 19.3 Å². The summed E-state index contributed by atoms with van der Waals surface area (Å²) < 4.78 is 10.4. The molecule has 0 bridgehead atoms. The minimum absolute atomic E-state index is 0.166. The van der Waals surface area contributed by atoms with Crippen molar-refractivity contribution in [1.29, 1.82) is 0 Å². The fourth-order valence-corrected chi connectivity index (χ4v) is 2.26. The van der Waals surface area contributed by atoms with E-state index >= 15 is 0 Å². The third-order valence-electron chi connectivity index (χ3n) is 3.30. The van der Waals surface area contributed by atoms with Crippen LogP contribution in [0.2, 0.25) is 0 Å². The molecule has 1 unspecified atom stereocenters. The van der Waals surface area contributed by atoms with Crippen LogP contribution in [0.1, 0.15) is 18.4 Å². The van der Waals surface area contributed by atoms with Gasteiger partial charge in [0.25, 0.3) is 0 Å². The second-order valence-electron chi connectivity index (χ2n) is 4.66. The van der Waals surface area contributed by atoms with Crippen LogP contribution < -0.4 is 9.47 Å². The summed E-state index contributed by atoms with van der Waals surface area (Å²) in [5, 5.41) is 9.54. The predicted octanol–water partition coefficient (Wildman–Crippen LogP) is 2.67. The Bertz CT molecular complexity index is 483. The highest BCUT2D eigenvalue weighted by Crippen LogP contribution is 2.27. The predicted molar refractivity (Wildman–Crippen MR) is 71.7 cm³/mol. The van der Waals surface area contributed by atoms with E-state index in [1.807, 2.05) is 12.1 Å². The number of rotatable bonds is 4. The van der Waals surface area contributed by atoms with Crippen molar-refractivity contribution in [2.75, 3.05) is 14.2 Å². The van der Waals surface area contributed by atoms with E-state index in [-0.39, 0.29) is 11.7 Å². The van der Waals surface area contributed by atoms with E-state index in [0.717, 1.165) is 5.56 Å². The average Bonchev–Trinajstić information content (AvgIpc) is 2.42. The zero-order valence-electron chi connectivity index (χ0n) is 11.2. The molecule has 0 radical (unpaired) electrons. The Kier molecular flexibility index (Phi) is 4.10. The van der Waals surface area contributed by atoms with Crippen LogP contribution in [0.3, 0.4) is 0 Å². The molecule has 102 valence electrons. The maximum Gasteiger partial charge on any atom is 0.140 e. The highest BCUT2D eigenvalue weighted by molar-refractivity contribution is 5.84. The van der Waals surface area contributed by atoms with E-state index < -0.39 is 0 Å². The van der Waals surface area contributed by atoms with Gasteiger partial charge >= 0.3 is 0 Å². The summed E-state index contributed by atoms with van der Waals surface area (Å²) in [6.45, 7) is 0. The minimum Gasteiger partial charge on any atom is -0.513 e. The normalized spacial score (nSPS) is 18.9. The molecule has 4 heteroatoms. The van der Waals surface area contributed by atoms with Crippen molar-refractivity contribution >= 4 is 5.78 Å². The van der Waals surface area contributed by atoms with Crippen molar-refractivity contribution in [3.8, 4) is 11.5 Å². The van der Waals surface area contributed by atoms with Gasteiger partial charge in [0.1, 0.15) is 17.3 Å². The second-order valence-corrected chi connectivity index (χ2v) is 4.66. The van der Waals surface area contributed by atoms with Gasteiger partial charge in [-0.1, -0.05) is 0 Å². The van der Waals surface area contributed by atoms with Gasteiger partial charge in [0.2, 0.25) is 0 Å². The first-order valence-electron chi connectivity index (χ1n) is 6.26. The van der Waals surface area contributed by atoms with Gasteiger partial charge in [-0.25, -0.2) is 0 Å². The molecule has 0 fully saturated rings. The zero-order valence-corrected chi connectivity index (χ0v) is 11.2. The third kappa shape index (κ3) is 3.28. The van der Waals surface area contributed by atoms with Crippen LogP contribution in [0.4, 0.5) is 0 Å². The molecule has 0 heterocycles. The molecule has 1 atom stereocenters. The smallest absolute Gasteiger partial charge is 0.140 e. The molecule has 1 aliphatic carbocycles. The van der Waals surface area contributed by atoms with Gasteiger partial charge in [-0.15, -0.1) is 0 Å². The number of carbonyl (C=O) groups is 1. The molecular weight excluding hydrogens is 244 g/mol. The standard InChI is InChI=1S/C15H18O4/c1-18-13-6-10(7-14(9-13)19-2)5-11-8-12(16)3-4-15(11)17/h6-9,11,16H,3-5H2,1-2H3. The van der Waals surface area contributed by atoms with E-state index in [2.05, 4.69) is 0 Å². The number of ketones is 1. The Morgan fingerprint density at radius 2 is 1.79 bits per heavy atom. The minimum atomic E-state index is -0.259. The van der Waals surface area contributed by atoms with Crippen molar-refractivity contribution in [3.05, 3.63) is 35.6 Å². The van der Waals surface area contributed by atoms with Crippen LogP contribution in [0, 0.1) is 5.92 Å². The summed E-state index contributed by atoms with van der Waals surface area (Å²) in [6, 6.07) is 5.56. The van der Waals surface area contributed by atoms with Crippen LogP contribution in [0.15, 0.2) is 30.0 Å². The average molecular weight is 262 g/mol. The first-order chi connectivity index (χ1) is 9.12. The van der Waals surface area contributed by atoms with Crippen LogP contribution in [-0.4, -0.2) is 25.1 Å². The Morgan fingerprint density at radius 1 is 1.16 bits per heavy atom. The lowest BCUT2D eigenvalue weighted by Gasteiger charge is -2.18. The van der Waals surface area contributed by atoms with Crippen LogP contribution in [0.25, 0.3) is 0 Å². The molecule has 2 rings (SSSR count). The third-order valence-corrected chi connectivity index (χ3v) is 3.30. The monoisotopic (exact) mass is 262 g/mol. The molecule has 0 saturated carbocycles. The molecule has 0 saturated heterocycles. The van der Waals surface area contributed by atoms with E-state index in [1.54, 1.807) is 26.4 Å². The summed E-state index contributed by atoms with van der Waals surface area (Å²) >= 11 is 0. The summed E-state index contributed by atoms with van der Waals surface area (Å²) in [4.78, 5) is 11.8. The second kappa shape index (κ2) is 5.78. The summed E-state index contributed by atoms with van der Waals surface area (Å²) in [5.41, 5.74) is 0.959. The Labute approximate surface area is 112 Å². The highest BCUT2D eigenvalue weighted by atomic mass is 16.5. The summed E-state index contributed by atoms with van der Waals surface area (Å²) in [5.74, 6) is 1.61. The lowest BCUT2D eigenvalue weighted by Crippen LogP contribution is -2.19. The van der Waals surface area contributed by atoms with Crippen LogP contribution in [0.5, 0.6) is 11.5 Å². The number of methoxy groups -OCH3 is 2. The van der Waals surface area contributed by atoms with Gasteiger partial charge in [0, 0.05) is 24.8 Å². The van der Waals surface area contributed by atoms with E-state index in [0.29, 0.717) is 36.5 Å². The molecule has 1 N–H and O–H groups in total. The molecule has 4 nitrogen and oxygen atoms in total. The lowest BCUT2D eigenvalue weighted by molar-refractivity contribution is -0.122. The van der Waals surface area contributed by atoms with Gasteiger partial charge in [0.05, 0.1) is 20.0 Å². The van der Waals surface area contributed by atoms with Gasteiger partial charge in [-0.2, -0.15) is 0 Å². The number of hydrogen-bond acceptors (Lipinski definition) is 4. The molecule has 1 aliphatic rings. The topological polar surface area (TPSA) is 55.8 Å². The molecule has 0 aliphatic heterocycles. The zero-order chi connectivity index (χ0) is 13.8. The first kappa shape index (κ1) is 13.5. The number of ether oxygens (including phenoxy) is 2. The van der Waals surface area contributed by atoms with E-state index in [9.17, 15) is 9.90 Å². The molecule has 0 aromatic heterocycles. The van der Waals surface area contributed by atoms with Crippen molar-refractivity contribution in [3.63, 3.8) is 0 Å². The molecular formula is C15H18O4. The van der Waals surface area contributed by atoms with E-state index in [1.165, 1.54) is 0 Å². The Morgan fingerprint density at radius 3 is 2.37 bits per heavy atom. The fourth-order valence-electron chi connectivity index (χ4n) is 2.26. The maximum absolute atomic E-state index is 11.8. The number of Topliss-reactive ketones (excluding diaryl/α,β-unsaturated/α-hetero) is 1. The van der Waals surface area contributed by atoms with Gasteiger partial charge < -0.3 is 14.6 Å². The maximum atomic E-state index is 11.8. The molecule has 1 aromatic carbocycles. The largest absolute Gasteiger partial charge is 0.513 e. The Hall–Kier alpha value is -1.97. The van der Waals surface area contributed by atoms with Crippen molar-refractivity contribution < 1.29 is 19.4 Å². The number of aliphatic hydroxyl groups is 1. The molecule has 1 aromatic rings. The van der Waals surface area contributed by atoms with Crippen molar-refractivity contribution in [2.24, 2.45) is 5.92 Å². The van der Waals surface area contributed by atoms with Crippen LogP contribution >= 0.6 is 0 Å². The lowest BCUT2D eigenvalue weighted by atomic mass is 9.88. The summed E-state index contributed by atoms with van der Waals surface area (Å²) in [7, 11) is 3.19. The van der Waals surface area contributed by atoms with E-state index in [4.69, 9.17) is 9.47 Å². The van der Waals surface area contributed by atoms with Gasteiger partial charge in [0.15, 0.2) is 0 Å². The van der Waals surface area contributed by atoms with Gasteiger partial charge in [-0.05, 0) is 30.2 Å². The van der Waals surface area contributed by atoms with Crippen molar-refractivity contribution in [1.82, 2.24) is 0 Å². The quantitative estimate of drug-likeness (QED) is 0.906. The fraction of sp³-hybridized carbons (Fsp3) is 0.400.